The number of nitrogens with zero attached hydrogens (tertiary/aromatic N) is 3. The topological polar surface area (TPSA) is 38.7 Å². The number of aromatic nitrogens is 3. The molecule has 0 N–H and O–H groups in total. The van der Waals surface area contributed by atoms with Gasteiger partial charge in [0.15, 0.2) is 17.5 Å². The van der Waals surface area contributed by atoms with Crippen molar-refractivity contribution in [2.45, 2.75) is 0 Å². The summed E-state index contributed by atoms with van der Waals surface area (Å²) in [5, 5.41) is 0. The molecule has 0 bridgehead atoms. The lowest BCUT2D eigenvalue weighted by molar-refractivity contribution is 1.04. The molecule has 10 aromatic rings. The summed E-state index contributed by atoms with van der Waals surface area (Å²) in [5.74, 6) is 1.69. The minimum absolute atomic E-state index is 0.533. The van der Waals surface area contributed by atoms with Crippen molar-refractivity contribution in [3.8, 4) is 101 Å². The van der Waals surface area contributed by atoms with Gasteiger partial charge in [-0.05, 0) is 90.0 Å². The maximum atomic E-state index is 5.04. The Labute approximate surface area is 387 Å². The number of rotatable bonds is 12. The average molecular weight is 844 g/mol. The second-order valence-electron chi connectivity index (χ2n) is 16.0. The second kappa shape index (κ2) is 18.9. The van der Waals surface area contributed by atoms with E-state index in [0.717, 1.165) is 66.8 Å². The predicted molar refractivity (Wildman–Crippen MR) is 277 cm³/mol. The Morgan fingerprint density at radius 3 is 0.939 bits per heavy atom. The van der Waals surface area contributed by atoms with Crippen molar-refractivity contribution >= 4 is 5.57 Å². The Kier molecular flexibility index (Phi) is 11.8. The zero-order valence-electron chi connectivity index (χ0n) is 36.4. The van der Waals surface area contributed by atoms with Gasteiger partial charge in [0, 0.05) is 16.7 Å². The molecule has 0 saturated heterocycles. The molecule has 0 atom stereocenters. The highest BCUT2D eigenvalue weighted by molar-refractivity contribution is 6.15. The molecule has 312 valence electrons. The van der Waals surface area contributed by atoms with Gasteiger partial charge in [0.25, 0.3) is 0 Å². The van der Waals surface area contributed by atoms with E-state index in [4.69, 9.17) is 15.0 Å². The molecule has 0 amide bonds. The van der Waals surface area contributed by atoms with Crippen LogP contribution >= 0.6 is 0 Å². The molecule has 0 aliphatic heterocycles. The van der Waals surface area contributed by atoms with E-state index in [1.54, 1.807) is 12.2 Å². The lowest BCUT2D eigenvalue weighted by atomic mass is 9.74. The predicted octanol–water partition coefficient (Wildman–Crippen LogP) is 16.6. The molecule has 3 nitrogen and oxygen atoms in total. The molecule has 0 fully saturated rings. The van der Waals surface area contributed by atoms with Crippen LogP contribution in [-0.4, -0.2) is 15.0 Å². The highest BCUT2D eigenvalue weighted by Crippen LogP contribution is 2.56. The van der Waals surface area contributed by atoms with Gasteiger partial charge >= 0.3 is 0 Å². The molecular formula is C63H45N3. The molecule has 0 spiro atoms. The largest absolute Gasteiger partial charge is 0.208 e. The summed E-state index contributed by atoms with van der Waals surface area (Å²) in [6.45, 7) is 7.96. The molecule has 3 heteroatoms. The van der Waals surface area contributed by atoms with Crippen LogP contribution in [0.5, 0.6) is 0 Å². The Balaban J connectivity index is 1.27. The molecule has 1 aromatic heterocycles. The van der Waals surface area contributed by atoms with Gasteiger partial charge in [-0.15, -0.1) is 0 Å². The Bertz CT molecular complexity index is 3240. The first kappa shape index (κ1) is 41.2. The lowest BCUT2D eigenvalue weighted by Crippen LogP contribution is -2.02. The van der Waals surface area contributed by atoms with Crippen molar-refractivity contribution in [3.63, 3.8) is 0 Å². The van der Waals surface area contributed by atoms with E-state index < -0.39 is 0 Å². The summed E-state index contributed by atoms with van der Waals surface area (Å²) < 4.78 is 0. The summed E-state index contributed by atoms with van der Waals surface area (Å²) in [7, 11) is 0. The lowest BCUT2D eigenvalue weighted by Gasteiger charge is -2.29. The summed E-state index contributed by atoms with van der Waals surface area (Å²) in [5.41, 5.74) is 18.5. The molecule has 0 unspecified atom stereocenters. The van der Waals surface area contributed by atoms with E-state index in [1.807, 2.05) is 36.4 Å². The highest BCUT2D eigenvalue weighted by atomic mass is 15.0. The van der Waals surface area contributed by atoms with E-state index in [0.29, 0.717) is 17.5 Å². The van der Waals surface area contributed by atoms with E-state index >= 15 is 0 Å². The summed E-state index contributed by atoms with van der Waals surface area (Å²) in [6, 6.07) is 81.9. The number of allylic oxidation sites excluding steroid dienone is 4. The number of hydrogen-bond donors (Lipinski definition) is 0. The van der Waals surface area contributed by atoms with Crippen molar-refractivity contribution in [2.24, 2.45) is 0 Å². The van der Waals surface area contributed by atoms with Crippen LogP contribution in [0.15, 0.2) is 262 Å². The van der Waals surface area contributed by atoms with Crippen molar-refractivity contribution in [3.05, 3.63) is 268 Å². The maximum absolute atomic E-state index is 5.04. The van der Waals surface area contributed by atoms with Crippen LogP contribution in [0.3, 0.4) is 0 Å². The minimum Gasteiger partial charge on any atom is -0.208 e. The van der Waals surface area contributed by atoms with E-state index in [1.165, 1.54) is 27.8 Å². The van der Waals surface area contributed by atoms with Crippen LogP contribution in [0.4, 0.5) is 0 Å². The first-order valence-electron chi connectivity index (χ1n) is 22.2. The summed E-state index contributed by atoms with van der Waals surface area (Å²) in [4.78, 5) is 14.9. The summed E-state index contributed by atoms with van der Waals surface area (Å²) in [6.07, 6.45) is 5.35. The first-order chi connectivity index (χ1) is 32.7. The molecule has 9 aromatic carbocycles. The molecule has 66 heavy (non-hydrogen) atoms. The molecule has 1 heterocycles. The molecule has 0 saturated carbocycles. The van der Waals surface area contributed by atoms with Gasteiger partial charge in [-0.2, -0.15) is 0 Å². The fourth-order valence-electron chi connectivity index (χ4n) is 8.91. The highest BCUT2D eigenvalue weighted by Gasteiger charge is 2.29. The standard InChI is InChI=1S/C63H45N3/c1-3-25-44(4-2)61-64-62(50-36-21-10-22-37-50)66-63(65-61)54-41-24-39-52(43-54)51-38-23-40-53(42-51)60-58(48-32-17-8-18-33-48)56(46-28-13-6-14-29-46)55(45-26-11-5-12-27-45)57(47-30-15-7-16-31-47)59(60)49-34-19-9-20-35-49/h3-43H,1-2H2/b44-25+. The third-order valence-electron chi connectivity index (χ3n) is 11.9. The summed E-state index contributed by atoms with van der Waals surface area (Å²) >= 11 is 0. The smallest absolute Gasteiger partial charge is 0.164 e. The van der Waals surface area contributed by atoms with Crippen LogP contribution in [0.2, 0.25) is 0 Å². The second-order valence-corrected chi connectivity index (χ2v) is 16.0. The van der Waals surface area contributed by atoms with E-state index in [2.05, 4.69) is 213 Å². The SMILES string of the molecule is C=C/C=C(\C=C)c1nc(-c2ccccc2)nc(-c2cccc(-c3cccc(-c4c(-c5ccccc5)c(-c5ccccc5)c(-c5ccccc5)c(-c5ccccc5)c4-c4ccccc4)c3)c2)n1. The van der Waals surface area contributed by atoms with Gasteiger partial charge in [0.1, 0.15) is 0 Å². The van der Waals surface area contributed by atoms with Crippen LogP contribution < -0.4 is 0 Å². The van der Waals surface area contributed by atoms with Crippen LogP contribution in [0.25, 0.3) is 106 Å². The number of benzene rings is 9. The van der Waals surface area contributed by atoms with Gasteiger partial charge in [-0.25, -0.2) is 15.0 Å². The zero-order valence-corrected chi connectivity index (χ0v) is 36.4. The zero-order chi connectivity index (χ0) is 44.7. The quantitative estimate of drug-likeness (QED) is 0.115. The monoisotopic (exact) mass is 843 g/mol. The molecule has 0 aliphatic carbocycles. The van der Waals surface area contributed by atoms with Crippen molar-refractivity contribution in [1.82, 2.24) is 15.0 Å². The van der Waals surface area contributed by atoms with Crippen molar-refractivity contribution < 1.29 is 0 Å². The third-order valence-corrected chi connectivity index (χ3v) is 11.9. The van der Waals surface area contributed by atoms with Gasteiger partial charge in [0.05, 0.1) is 0 Å². The first-order valence-corrected chi connectivity index (χ1v) is 22.2. The van der Waals surface area contributed by atoms with Gasteiger partial charge in [-0.1, -0.05) is 250 Å². The van der Waals surface area contributed by atoms with Gasteiger partial charge < -0.3 is 0 Å². The van der Waals surface area contributed by atoms with Crippen LogP contribution in [0.1, 0.15) is 5.82 Å². The van der Waals surface area contributed by atoms with E-state index in [-0.39, 0.29) is 0 Å². The van der Waals surface area contributed by atoms with Crippen LogP contribution in [-0.2, 0) is 0 Å². The Hall–Kier alpha value is -8.79. The maximum Gasteiger partial charge on any atom is 0.164 e. The van der Waals surface area contributed by atoms with Crippen molar-refractivity contribution in [2.75, 3.05) is 0 Å². The fraction of sp³-hybridized carbons (Fsp3) is 0. The average Bonchev–Trinajstić information content (AvgIpc) is 3.40. The van der Waals surface area contributed by atoms with Crippen molar-refractivity contribution in [1.29, 1.82) is 0 Å². The molecule has 10 rings (SSSR count). The van der Waals surface area contributed by atoms with Gasteiger partial charge in [0.2, 0.25) is 0 Å². The number of hydrogen-bond acceptors (Lipinski definition) is 3. The van der Waals surface area contributed by atoms with Crippen LogP contribution in [0, 0.1) is 0 Å². The minimum atomic E-state index is 0.533. The fourth-order valence-corrected chi connectivity index (χ4v) is 8.91. The molecular weight excluding hydrogens is 799 g/mol. The Morgan fingerprint density at radius 2 is 0.576 bits per heavy atom. The molecule has 0 radical (unpaired) electrons. The third kappa shape index (κ3) is 8.25. The van der Waals surface area contributed by atoms with E-state index in [9.17, 15) is 0 Å². The Morgan fingerprint density at radius 1 is 0.288 bits per heavy atom. The molecule has 0 aliphatic rings. The normalized spacial score (nSPS) is 11.2. The van der Waals surface area contributed by atoms with Gasteiger partial charge in [-0.3, -0.25) is 0 Å².